The van der Waals surface area contributed by atoms with E-state index >= 15 is 0 Å². The summed E-state index contributed by atoms with van der Waals surface area (Å²) in [5.41, 5.74) is 0.0448. The van der Waals surface area contributed by atoms with Crippen molar-refractivity contribution in [3.8, 4) is 0 Å². The largest absolute Gasteiger partial charge is 0.459 e. The fourth-order valence-electron chi connectivity index (χ4n) is 1.78. The van der Waals surface area contributed by atoms with Crippen molar-refractivity contribution >= 4 is 51.1 Å². The number of carbonyl (C=O) groups excluding carboxylic acids is 1. The zero-order valence-corrected chi connectivity index (χ0v) is 14.1. The minimum Gasteiger partial charge on any atom is -0.459 e. The second-order valence-electron chi connectivity index (χ2n) is 5.29. The SMILES string of the molecule is CC(C)(C)OC(=O)Cn1nc(I)c2c(Cl)c(F)ccc21. The van der Waals surface area contributed by atoms with E-state index in [-0.39, 0.29) is 11.6 Å². The molecule has 0 N–H and O–H groups in total. The van der Waals surface area contributed by atoms with E-state index in [0.717, 1.165) is 0 Å². The number of nitrogens with zero attached hydrogens (tertiary/aromatic N) is 2. The molecule has 20 heavy (non-hydrogen) atoms. The highest BCUT2D eigenvalue weighted by Gasteiger charge is 2.20. The van der Waals surface area contributed by atoms with Crippen LogP contribution in [0, 0.1) is 9.52 Å². The van der Waals surface area contributed by atoms with Gasteiger partial charge in [-0.05, 0) is 55.5 Å². The highest BCUT2D eigenvalue weighted by molar-refractivity contribution is 14.1. The Morgan fingerprint density at radius 2 is 2.15 bits per heavy atom. The number of benzene rings is 1. The number of hydrogen-bond donors (Lipinski definition) is 0. The van der Waals surface area contributed by atoms with Gasteiger partial charge in [0.25, 0.3) is 0 Å². The van der Waals surface area contributed by atoms with Crippen molar-refractivity contribution in [1.29, 1.82) is 0 Å². The minimum atomic E-state index is -0.559. The Morgan fingerprint density at radius 1 is 1.50 bits per heavy atom. The van der Waals surface area contributed by atoms with Crippen LogP contribution < -0.4 is 0 Å². The lowest BCUT2D eigenvalue weighted by Gasteiger charge is -2.19. The summed E-state index contributed by atoms with van der Waals surface area (Å²) >= 11 is 7.90. The average Bonchev–Trinajstić information content (AvgIpc) is 2.58. The summed E-state index contributed by atoms with van der Waals surface area (Å²) in [7, 11) is 0. The highest BCUT2D eigenvalue weighted by Crippen LogP contribution is 2.30. The van der Waals surface area contributed by atoms with Crippen molar-refractivity contribution in [1.82, 2.24) is 9.78 Å². The maximum Gasteiger partial charge on any atom is 0.328 e. The lowest BCUT2D eigenvalue weighted by Crippen LogP contribution is -2.26. The zero-order chi connectivity index (χ0) is 15.1. The summed E-state index contributed by atoms with van der Waals surface area (Å²) in [4.78, 5) is 11.8. The molecule has 108 valence electrons. The van der Waals surface area contributed by atoms with Gasteiger partial charge in [0.1, 0.15) is 21.7 Å². The number of aromatic nitrogens is 2. The molecule has 0 spiro atoms. The molecule has 1 heterocycles. The molecule has 2 rings (SSSR count). The lowest BCUT2D eigenvalue weighted by atomic mass is 10.2. The molecular formula is C13H13ClFIN2O2. The molecule has 4 nitrogen and oxygen atoms in total. The van der Waals surface area contributed by atoms with Gasteiger partial charge in [0.05, 0.1) is 15.9 Å². The number of ether oxygens (including phenoxy) is 1. The predicted molar refractivity (Wildman–Crippen MR) is 83.3 cm³/mol. The second-order valence-corrected chi connectivity index (χ2v) is 6.69. The summed E-state index contributed by atoms with van der Waals surface area (Å²) in [5.74, 6) is -0.910. The van der Waals surface area contributed by atoms with Crippen LogP contribution >= 0.6 is 34.2 Å². The van der Waals surface area contributed by atoms with Gasteiger partial charge in [-0.25, -0.2) is 4.39 Å². The lowest BCUT2D eigenvalue weighted by molar-refractivity contribution is -0.155. The standard InChI is InChI=1S/C13H13ClFIN2O2/c1-13(2,3)20-9(19)6-18-8-5-4-7(15)11(14)10(8)12(16)17-18/h4-5H,6H2,1-3H3. The summed E-state index contributed by atoms with van der Waals surface area (Å²) in [6.45, 7) is 5.34. The van der Waals surface area contributed by atoms with E-state index in [1.54, 1.807) is 26.8 Å². The van der Waals surface area contributed by atoms with Gasteiger partial charge in [-0.1, -0.05) is 11.6 Å². The molecule has 0 amide bonds. The quantitative estimate of drug-likeness (QED) is 0.559. The average molecular weight is 411 g/mol. The van der Waals surface area contributed by atoms with Gasteiger partial charge < -0.3 is 4.74 Å². The minimum absolute atomic E-state index is 0.0161. The van der Waals surface area contributed by atoms with Crippen LogP contribution in [0.1, 0.15) is 20.8 Å². The van der Waals surface area contributed by atoms with Crippen LogP contribution in [0.4, 0.5) is 4.39 Å². The van der Waals surface area contributed by atoms with E-state index in [1.165, 1.54) is 10.7 Å². The molecule has 0 unspecified atom stereocenters. The number of hydrogen-bond acceptors (Lipinski definition) is 3. The molecule has 0 aliphatic heterocycles. The number of halogens is 3. The number of rotatable bonds is 2. The van der Waals surface area contributed by atoms with Crippen LogP contribution in [0.25, 0.3) is 10.9 Å². The summed E-state index contributed by atoms with van der Waals surface area (Å²) < 4.78 is 20.7. The molecule has 0 aliphatic carbocycles. The Hall–Kier alpha value is -0.890. The molecule has 0 bridgehead atoms. The molecule has 0 fully saturated rings. The molecule has 0 saturated heterocycles. The maximum absolute atomic E-state index is 13.5. The number of fused-ring (bicyclic) bond motifs is 1. The van der Waals surface area contributed by atoms with Gasteiger partial charge in [-0.3, -0.25) is 9.48 Å². The number of carbonyl (C=O) groups is 1. The summed E-state index contributed by atoms with van der Waals surface area (Å²) in [6.07, 6.45) is 0. The molecule has 1 aromatic heterocycles. The Labute approximate surface area is 134 Å². The van der Waals surface area contributed by atoms with Crippen LogP contribution in [-0.4, -0.2) is 21.4 Å². The summed E-state index contributed by atoms with van der Waals surface area (Å²) in [5, 5.41) is 4.74. The normalized spacial score (nSPS) is 11.9. The van der Waals surface area contributed by atoms with Crippen molar-refractivity contribution in [2.75, 3.05) is 0 Å². The van der Waals surface area contributed by atoms with Gasteiger partial charge in [0.2, 0.25) is 0 Å². The fraction of sp³-hybridized carbons (Fsp3) is 0.385. The van der Waals surface area contributed by atoms with E-state index < -0.39 is 17.4 Å². The Morgan fingerprint density at radius 3 is 2.75 bits per heavy atom. The smallest absolute Gasteiger partial charge is 0.328 e. The first-order chi connectivity index (χ1) is 9.19. The first kappa shape index (κ1) is 15.5. The monoisotopic (exact) mass is 410 g/mol. The molecule has 0 aliphatic rings. The van der Waals surface area contributed by atoms with E-state index in [0.29, 0.717) is 14.6 Å². The van der Waals surface area contributed by atoms with E-state index in [2.05, 4.69) is 5.10 Å². The highest BCUT2D eigenvalue weighted by atomic mass is 127. The van der Waals surface area contributed by atoms with Gasteiger partial charge in [0.15, 0.2) is 0 Å². The molecule has 0 radical (unpaired) electrons. The van der Waals surface area contributed by atoms with Crippen molar-refractivity contribution < 1.29 is 13.9 Å². The van der Waals surface area contributed by atoms with Crippen LogP contribution in [0.15, 0.2) is 12.1 Å². The number of esters is 1. The second kappa shape index (κ2) is 5.48. The Kier molecular flexibility index (Phi) is 4.24. The fourth-order valence-corrected chi connectivity index (χ4v) is 2.99. The van der Waals surface area contributed by atoms with Gasteiger partial charge in [-0.15, -0.1) is 0 Å². The van der Waals surface area contributed by atoms with Crippen molar-refractivity contribution in [3.63, 3.8) is 0 Å². The van der Waals surface area contributed by atoms with Gasteiger partial charge in [-0.2, -0.15) is 5.10 Å². The predicted octanol–water partition coefficient (Wildman–Crippen LogP) is 3.78. The van der Waals surface area contributed by atoms with Gasteiger partial charge in [0, 0.05) is 0 Å². The van der Waals surface area contributed by atoms with E-state index in [4.69, 9.17) is 16.3 Å². The first-order valence-corrected chi connectivity index (χ1v) is 7.36. The molecule has 1 aromatic carbocycles. The van der Waals surface area contributed by atoms with Crippen molar-refractivity contribution in [2.45, 2.75) is 32.9 Å². The van der Waals surface area contributed by atoms with Crippen LogP contribution in [0.2, 0.25) is 5.02 Å². The third-order valence-corrected chi connectivity index (χ3v) is 3.59. The van der Waals surface area contributed by atoms with Crippen LogP contribution in [-0.2, 0) is 16.1 Å². The van der Waals surface area contributed by atoms with Crippen LogP contribution in [0.5, 0.6) is 0 Å². The van der Waals surface area contributed by atoms with Crippen LogP contribution in [0.3, 0.4) is 0 Å². The Balaban J connectivity index is 2.37. The molecule has 2 aromatic rings. The molecular weight excluding hydrogens is 398 g/mol. The van der Waals surface area contributed by atoms with E-state index in [1.807, 2.05) is 22.6 Å². The zero-order valence-electron chi connectivity index (χ0n) is 11.2. The van der Waals surface area contributed by atoms with E-state index in [9.17, 15) is 9.18 Å². The third kappa shape index (κ3) is 3.22. The van der Waals surface area contributed by atoms with Crippen molar-refractivity contribution in [3.05, 3.63) is 26.7 Å². The maximum atomic E-state index is 13.5. The topological polar surface area (TPSA) is 44.1 Å². The van der Waals surface area contributed by atoms with Gasteiger partial charge >= 0.3 is 5.97 Å². The third-order valence-electron chi connectivity index (χ3n) is 2.46. The van der Waals surface area contributed by atoms with Crippen molar-refractivity contribution in [2.24, 2.45) is 0 Å². The molecule has 0 atom stereocenters. The molecule has 7 heteroatoms. The first-order valence-electron chi connectivity index (χ1n) is 5.91. The Bertz CT molecular complexity index is 679. The molecule has 0 saturated carbocycles. The summed E-state index contributed by atoms with van der Waals surface area (Å²) in [6, 6.07) is 2.81.